The average Bonchev–Trinajstić information content (AvgIpc) is 3.31. The maximum Gasteiger partial charge on any atom is 0.237 e. The molecule has 160 valence electrons. The number of primary amides is 1. The minimum atomic E-state index is -3.95. The Hall–Kier alpha value is -3.30. The number of rotatable bonds is 7. The van der Waals surface area contributed by atoms with Gasteiger partial charge < -0.3 is 20.2 Å². The molecule has 2 heterocycles. The van der Waals surface area contributed by atoms with Crippen molar-refractivity contribution in [3.63, 3.8) is 0 Å². The summed E-state index contributed by atoms with van der Waals surface area (Å²) in [7, 11) is -2.13. The largest absolute Gasteiger partial charge is 0.368 e. The number of nitrogens with one attached hydrogen (secondary N) is 1. The molecule has 4 aromatic rings. The third-order valence-electron chi connectivity index (χ3n) is 4.93. The lowest BCUT2D eigenvalue weighted by Crippen LogP contribution is -2.35. The van der Waals surface area contributed by atoms with Crippen LogP contribution in [0, 0.1) is 0 Å². The molecule has 10 heteroatoms. The predicted molar refractivity (Wildman–Crippen MR) is 119 cm³/mol. The van der Waals surface area contributed by atoms with Gasteiger partial charge in [0.15, 0.2) is 0 Å². The quantitative estimate of drug-likeness (QED) is 0.443. The zero-order valence-electron chi connectivity index (χ0n) is 16.6. The van der Waals surface area contributed by atoms with Crippen LogP contribution in [0.15, 0.2) is 70.7 Å². The Labute approximate surface area is 184 Å². The van der Waals surface area contributed by atoms with E-state index in [1.807, 2.05) is 7.05 Å². The summed E-state index contributed by atoms with van der Waals surface area (Å²) >= 11 is 6.19. The van der Waals surface area contributed by atoms with Crippen molar-refractivity contribution in [1.82, 2.24) is 14.5 Å². The summed E-state index contributed by atoms with van der Waals surface area (Å²) in [5, 5.41) is 0.828. The maximum absolute atomic E-state index is 13.7. The van der Waals surface area contributed by atoms with Gasteiger partial charge in [0.1, 0.15) is 16.5 Å². The van der Waals surface area contributed by atoms with E-state index in [4.69, 9.17) is 17.3 Å². The van der Waals surface area contributed by atoms with Crippen molar-refractivity contribution in [3.05, 3.63) is 71.8 Å². The molecule has 0 bridgehead atoms. The number of fused-ring (bicyclic) bond motifs is 1. The summed E-state index contributed by atoms with van der Waals surface area (Å²) in [6, 6.07) is 13.1. The first kappa shape index (κ1) is 21.0. The zero-order chi connectivity index (χ0) is 22.2. The van der Waals surface area contributed by atoms with Crippen LogP contribution in [0.25, 0.3) is 10.9 Å². The molecular formula is C21H20ClN5O3S. The van der Waals surface area contributed by atoms with Crippen LogP contribution in [0.2, 0.25) is 5.02 Å². The van der Waals surface area contributed by atoms with Crippen LogP contribution in [-0.2, 0) is 28.2 Å². The van der Waals surface area contributed by atoms with Crippen LogP contribution in [0.5, 0.6) is 0 Å². The number of amides is 1. The number of aromatic amines is 1. The molecule has 0 aliphatic rings. The Kier molecular flexibility index (Phi) is 5.47. The Morgan fingerprint density at radius 3 is 2.61 bits per heavy atom. The average molecular weight is 458 g/mol. The molecule has 0 aliphatic carbocycles. The second-order valence-electron chi connectivity index (χ2n) is 7.09. The molecule has 2 aromatic carbocycles. The third kappa shape index (κ3) is 4.01. The highest BCUT2D eigenvalue weighted by Crippen LogP contribution is 2.38. The fraction of sp³-hybridized carbons (Fsp3) is 0.143. The highest BCUT2D eigenvalue weighted by atomic mass is 35.5. The van der Waals surface area contributed by atoms with E-state index >= 15 is 0 Å². The van der Waals surface area contributed by atoms with Crippen molar-refractivity contribution in [2.24, 2.45) is 12.8 Å². The first-order valence-electron chi connectivity index (χ1n) is 9.38. The molecule has 0 spiro atoms. The molecular weight excluding hydrogens is 438 g/mol. The maximum atomic E-state index is 13.7. The van der Waals surface area contributed by atoms with Crippen LogP contribution >= 0.6 is 11.6 Å². The monoisotopic (exact) mass is 457 g/mol. The summed E-state index contributed by atoms with van der Waals surface area (Å²) < 4.78 is 29.1. The van der Waals surface area contributed by atoms with Crippen molar-refractivity contribution >= 4 is 44.1 Å². The summed E-state index contributed by atoms with van der Waals surface area (Å²) in [6.45, 7) is -0.0327. The van der Waals surface area contributed by atoms with Gasteiger partial charge in [-0.05, 0) is 30.3 Å². The van der Waals surface area contributed by atoms with Gasteiger partial charge in [0.2, 0.25) is 15.7 Å². The number of hydrogen-bond acceptors (Lipinski definition) is 5. The van der Waals surface area contributed by atoms with E-state index in [-0.39, 0.29) is 28.7 Å². The lowest BCUT2D eigenvalue weighted by molar-refractivity contribution is -0.116. The Bertz CT molecular complexity index is 1360. The topological polar surface area (TPSA) is 114 Å². The molecule has 4 rings (SSSR count). The lowest BCUT2D eigenvalue weighted by Gasteiger charge is -2.23. The fourth-order valence-electron chi connectivity index (χ4n) is 3.46. The van der Waals surface area contributed by atoms with Gasteiger partial charge in [0.25, 0.3) is 0 Å². The fourth-order valence-corrected chi connectivity index (χ4v) is 5.28. The van der Waals surface area contributed by atoms with Gasteiger partial charge in [-0.2, -0.15) is 0 Å². The highest BCUT2D eigenvalue weighted by Gasteiger charge is 2.30. The normalized spacial score (nSPS) is 11.7. The Morgan fingerprint density at radius 1 is 1.23 bits per heavy atom. The Balaban J connectivity index is 1.97. The smallest absolute Gasteiger partial charge is 0.237 e. The van der Waals surface area contributed by atoms with E-state index in [1.54, 1.807) is 58.3 Å². The molecule has 2 aromatic heterocycles. The molecule has 0 unspecified atom stereocenters. The number of aromatic nitrogens is 3. The SMILES string of the molecule is Cn1ccnc1CN(CC(N)=O)c1[nH]c2ccc(Cl)cc2c1S(=O)(=O)c1ccccc1. The molecule has 0 radical (unpaired) electrons. The van der Waals surface area contributed by atoms with Crippen molar-refractivity contribution in [2.75, 3.05) is 11.4 Å². The van der Waals surface area contributed by atoms with Gasteiger partial charge in [-0.1, -0.05) is 29.8 Å². The number of imidazole rings is 1. The number of nitrogens with zero attached hydrogens (tertiary/aromatic N) is 3. The minimum Gasteiger partial charge on any atom is -0.368 e. The van der Waals surface area contributed by atoms with Gasteiger partial charge in [-0.25, -0.2) is 13.4 Å². The van der Waals surface area contributed by atoms with E-state index in [1.165, 1.54) is 12.1 Å². The second-order valence-corrected chi connectivity index (χ2v) is 9.41. The van der Waals surface area contributed by atoms with Crippen molar-refractivity contribution < 1.29 is 13.2 Å². The van der Waals surface area contributed by atoms with Crippen LogP contribution < -0.4 is 10.6 Å². The van der Waals surface area contributed by atoms with Gasteiger partial charge >= 0.3 is 0 Å². The van der Waals surface area contributed by atoms with Crippen molar-refractivity contribution in [2.45, 2.75) is 16.3 Å². The third-order valence-corrected chi connectivity index (χ3v) is 7.01. The van der Waals surface area contributed by atoms with Gasteiger partial charge in [-0.15, -0.1) is 0 Å². The van der Waals surface area contributed by atoms with E-state index < -0.39 is 15.7 Å². The number of carbonyl (C=O) groups is 1. The Morgan fingerprint density at radius 2 is 1.97 bits per heavy atom. The lowest BCUT2D eigenvalue weighted by atomic mass is 10.2. The first-order valence-corrected chi connectivity index (χ1v) is 11.2. The van der Waals surface area contributed by atoms with Crippen LogP contribution in [-0.4, -0.2) is 35.4 Å². The van der Waals surface area contributed by atoms with Gasteiger partial charge in [0, 0.05) is 35.4 Å². The van der Waals surface area contributed by atoms with Crippen LogP contribution in [0.3, 0.4) is 0 Å². The van der Waals surface area contributed by atoms with Gasteiger partial charge in [0.05, 0.1) is 18.0 Å². The van der Waals surface area contributed by atoms with Crippen molar-refractivity contribution in [1.29, 1.82) is 0 Å². The molecule has 3 N–H and O–H groups in total. The zero-order valence-corrected chi connectivity index (χ0v) is 18.2. The number of benzene rings is 2. The molecule has 0 fully saturated rings. The summed E-state index contributed by atoms with van der Waals surface area (Å²) in [5.41, 5.74) is 6.07. The number of anilines is 1. The molecule has 1 amide bonds. The van der Waals surface area contributed by atoms with E-state index in [9.17, 15) is 13.2 Å². The molecule has 0 aliphatic heterocycles. The van der Waals surface area contributed by atoms with E-state index in [0.29, 0.717) is 21.7 Å². The van der Waals surface area contributed by atoms with Crippen LogP contribution in [0.4, 0.5) is 5.82 Å². The summed E-state index contributed by atoms with van der Waals surface area (Å²) in [4.78, 5) is 21.0. The summed E-state index contributed by atoms with van der Waals surface area (Å²) in [6.07, 6.45) is 3.40. The minimum absolute atomic E-state index is 0.0339. The van der Waals surface area contributed by atoms with E-state index in [0.717, 1.165) is 0 Å². The van der Waals surface area contributed by atoms with Crippen LogP contribution in [0.1, 0.15) is 5.82 Å². The second kappa shape index (κ2) is 8.09. The van der Waals surface area contributed by atoms with Gasteiger partial charge in [-0.3, -0.25) is 4.79 Å². The first-order chi connectivity index (χ1) is 14.8. The highest BCUT2D eigenvalue weighted by molar-refractivity contribution is 7.92. The number of sulfone groups is 1. The number of aryl methyl sites for hydroxylation is 1. The number of nitrogens with two attached hydrogens (primary N) is 1. The number of hydrogen-bond donors (Lipinski definition) is 2. The number of H-pyrrole nitrogens is 1. The van der Waals surface area contributed by atoms with Crippen molar-refractivity contribution in [3.8, 4) is 0 Å². The number of carbonyl (C=O) groups excluding carboxylic acids is 1. The van der Waals surface area contributed by atoms with E-state index in [2.05, 4.69) is 9.97 Å². The molecule has 0 saturated carbocycles. The molecule has 8 nitrogen and oxygen atoms in total. The summed E-state index contributed by atoms with van der Waals surface area (Å²) in [5.74, 6) is 0.290. The predicted octanol–water partition coefficient (Wildman–Crippen LogP) is 2.88. The molecule has 31 heavy (non-hydrogen) atoms. The molecule has 0 atom stereocenters. The number of halogens is 1. The standard InChI is InChI=1S/C21H20ClN5O3S/c1-26-10-9-24-19(26)13-27(12-18(23)28)21-20(16-11-14(22)7-8-17(16)25-21)31(29,30)15-5-3-2-4-6-15/h2-11,25H,12-13H2,1H3,(H2,23,28). The molecule has 0 saturated heterocycles.